The van der Waals surface area contributed by atoms with Crippen molar-refractivity contribution in [1.82, 2.24) is 19.9 Å². The van der Waals surface area contributed by atoms with Gasteiger partial charge in [-0.1, -0.05) is 12.1 Å². The maximum absolute atomic E-state index is 12.1. The van der Waals surface area contributed by atoms with Gasteiger partial charge in [-0.25, -0.2) is 9.50 Å². The molecule has 1 atom stereocenters. The van der Waals surface area contributed by atoms with Crippen molar-refractivity contribution in [3.63, 3.8) is 0 Å². The molecule has 3 aromatic rings. The Labute approximate surface area is 168 Å². The van der Waals surface area contributed by atoms with E-state index in [1.165, 1.54) is 6.20 Å². The fourth-order valence-electron chi connectivity index (χ4n) is 2.95. The van der Waals surface area contributed by atoms with Crippen LogP contribution in [0.5, 0.6) is 0 Å². The molecule has 0 saturated heterocycles. The quantitative estimate of drug-likeness (QED) is 0.439. The lowest BCUT2D eigenvalue weighted by atomic mass is 10.1. The number of nitrogen functional groups attached to an aromatic ring is 1. The van der Waals surface area contributed by atoms with E-state index in [0.717, 1.165) is 29.7 Å². The molecule has 1 aliphatic carbocycles. The Hall–Kier alpha value is -3.68. The second-order valence-corrected chi connectivity index (χ2v) is 7.14. The maximum atomic E-state index is 12.1. The van der Waals surface area contributed by atoms with Gasteiger partial charge in [0, 0.05) is 40.8 Å². The van der Waals surface area contributed by atoms with Gasteiger partial charge in [-0.05, 0) is 38.0 Å². The number of carbonyl (C=O) groups is 1. The first-order valence-electron chi connectivity index (χ1n) is 9.50. The Morgan fingerprint density at radius 1 is 1.34 bits per heavy atom. The van der Waals surface area contributed by atoms with Crippen LogP contribution in [-0.2, 0) is 4.79 Å². The SMILES string of the molecule is CC(N=CC(=CN)c1cnn2c(-c3cccc(N)c3)cnc2c1)C(=O)NC1CC1. The van der Waals surface area contributed by atoms with E-state index in [1.54, 1.807) is 30.0 Å². The molecule has 148 valence electrons. The van der Waals surface area contributed by atoms with E-state index in [-0.39, 0.29) is 5.91 Å². The molecule has 29 heavy (non-hydrogen) atoms. The van der Waals surface area contributed by atoms with Gasteiger partial charge in [-0.15, -0.1) is 0 Å². The number of nitrogens with zero attached hydrogens (tertiary/aromatic N) is 4. The minimum absolute atomic E-state index is 0.0752. The van der Waals surface area contributed by atoms with Crippen LogP contribution in [0, 0.1) is 0 Å². The molecule has 0 spiro atoms. The number of carbonyl (C=O) groups excluding carboxylic acids is 1. The standard InChI is InChI=1S/C21H23N7O/c1-13(21(29)27-18-5-6-18)24-10-16(9-22)15-8-20-25-12-19(28(20)26-11-15)14-3-2-4-17(23)7-14/h2-4,7-13,18H,5-6,22-23H2,1H3,(H,27,29). The Bertz CT molecular complexity index is 1110. The molecule has 2 heterocycles. The molecule has 4 rings (SSSR count). The number of amides is 1. The fourth-order valence-corrected chi connectivity index (χ4v) is 2.95. The number of aromatic nitrogens is 3. The molecular weight excluding hydrogens is 366 g/mol. The summed E-state index contributed by atoms with van der Waals surface area (Å²) in [5.74, 6) is -0.0752. The maximum Gasteiger partial charge on any atom is 0.244 e. The predicted octanol–water partition coefficient (Wildman–Crippen LogP) is 2.02. The molecule has 1 saturated carbocycles. The predicted molar refractivity (Wildman–Crippen MR) is 114 cm³/mol. The molecule has 1 aliphatic rings. The molecule has 8 heteroatoms. The highest BCUT2D eigenvalue weighted by molar-refractivity contribution is 6.10. The molecule has 1 fully saturated rings. The normalized spacial score (nSPS) is 15.7. The van der Waals surface area contributed by atoms with Gasteiger partial charge in [-0.2, -0.15) is 5.10 Å². The first-order chi connectivity index (χ1) is 14.0. The number of nitrogens with two attached hydrogens (primary N) is 2. The van der Waals surface area contributed by atoms with Gasteiger partial charge < -0.3 is 16.8 Å². The average Bonchev–Trinajstić information content (AvgIpc) is 3.43. The highest BCUT2D eigenvalue weighted by Gasteiger charge is 2.25. The van der Waals surface area contributed by atoms with Crippen LogP contribution in [0.4, 0.5) is 5.69 Å². The van der Waals surface area contributed by atoms with E-state index in [0.29, 0.717) is 22.9 Å². The summed E-state index contributed by atoms with van der Waals surface area (Å²) in [6.45, 7) is 1.76. The third-order valence-electron chi connectivity index (χ3n) is 4.80. The van der Waals surface area contributed by atoms with Crippen molar-refractivity contribution in [2.75, 3.05) is 5.73 Å². The van der Waals surface area contributed by atoms with Gasteiger partial charge in [-0.3, -0.25) is 9.79 Å². The third kappa shape index (κ3) is 4.11. The van der Waals surface area contributed by atoms with Crippen LogP contribution in [0.2, 0.25) is 0 Å². The number of hydrogen-bond acceptors (Lipinski definition) is 6. The number of fused-ring (bicyclic) bond motifs is 1. The lowest BCUT2D eigenvalue weighted by molar-refractivity contribution is -0.122. The van der Waals surface area contributed by atoms with Crippen molar-refractivity contribution in [1.29, 1.82) is 0 Å². The van der Waals surface area contributed by atoms with Crippen LogP contribution in [0.3, 0.4) is 0 Å². The highest BCUT2D eigenvalue weighted by atomic mass is 16.2. The van der Waals surface area contributed by atoms with Crippen molar-refractivity contribution < 1.29 is 4.79 Å². The molecule has 5 N–H and O–H groups in total. The Kier molecular flexibility index (Phi) is 4.99. The zero-order valence-electron chi connectivity index (χ0n) is 16.1. The number of aliphatic imine (C=N–C) groups is 1. The first-order valence-corrected chi connectivity index (χ1v) is 9.50. The average molecular weight is 389 g/mol. The summed E-state index contributed by atoms with van der Waals surface area (Å²) in [7, 11) is 0. The second-order valence-electron chi connectivity index (χ2n) is 7.14. The second kappa shape index (κ2) is 7.75. The first kappa shape index (κ1) is 18.7. The third-order valence-corrected chi connectivity index (χ3v) is 4.80. The van der Waals surface area contributed by atoms with Gasteiger partial charge in [0.15, 0.2) is 5.65 Å². The summed E-state index contributed by atoms with van der Waals surface area (Å²) < 4.78 is 1.75. The molecule has 8 nitrogen and oxygen atoms in total. The van der Waals surface area contributed by atoms with E-state index in [2.05, 4.69) is 20.4 Å². The summed E-state index contributed by atoms with van der Waals surface area (Å²) in [6, 6.07) is 9.27. The number of rotatable bonds is 6. The molecule has 1 amide bonds. The number of hydrogen-bond donors (Lipinski definition) is 3. The Morgan fingerprint density at radius 2 is 2.17 bits per heavy atom. The lowest BCUT2D eigenvalue weighted by Gasteiger charge is -2.08. The number of imidazole rings is 1. The minimum atomic E-state index is -0.483. The number of nitrogens with one attached hydrogen (secondary N) is 1. The smallest absolute Gasteiger partial charge is 0.244 e. The van der Waals surface area contributed by atoms with E-state index in [1.807, 2.05) is 30.3 Å². The van der Waals surface area contributed by atoms with Crippen molar-refractivity contribution in [3.8, 4) is 11.3 Å². The monoisotopic (exact) mass is 389 g/mol. The van der Waals surface area contributed by atoms with Gasteiger partial charge in [0.25, 0.3) is 0 Å². The molecule has 0 aliphatic heterocycles. The summed E-state index contributed by atoms with van der Waals surface area (Å²) in [5, 5.41) is 7.45. The zero-order chi connectivity index (χ0) is 20.4. The van der Waals surface area contributed by atoms with Crippen molar-refractivity contribution in [2.45, 2.75) is 31.8 Å². The summed E-state index contributed by atoms with van der Waals surface area (Å²) >= 11 is 0. The number of anilines is 1. The van der Waals surface area contributed by atoms with Gasteiger partial charge >= 0.3 is 0 Å². The van der Waals surface area contributed by atoms with Crippen molar-refractivity contribution in [2.24, 2.45) is 10.7 Å². The Morgan fingerprint density at radius 3 is 2.90 bits per heavy atom. The van der Waals surface area contributed by atoms with Crippen molar-refractivity contribution in [3.05, 3.63) is 54.5 Å². The van der Waals surface area contributed by atoms with E-state index < -0.39 is 6.04 Å². The van der Waals surface area contributed by atoms with E-state index >= 15 is 0 Å². The van der Waals surface area contributed by atoms with Crippen LogP contribution >= 0.6 is 0 Å². The van der Waals surface area contributed by atoms with Crippen LogP contribution in [0.25, 0.3) is 22.5 Å². The highest BCUT2D eigenvalue weighted by Crippen LogP contribution is 2.23. The molecule has 1 aromatic carbocycles. The topological polar surface area (TPSA) is 124 Å². The largest absolute Gasteiger partial charge is 0.404 e. The van der Waals surface area contributed by atoms with Gasteiger partial charge in [0.05, 0.1) is 18.1 Å². The van der Waals surface area contributed by atoms with Gasteiger partial charge in [0.2, 0.25) is 5.91 Å². The van der Waals surface area contributed by atoms with Crippen LogP contribution in [0.1, 0.15) is 25.3 Å². The van der Waals surface area contributed by atoms with Crippen molar-refractivity contribution >= 4 is 29.0 Å². The fraction of sp³-hybridized carbons (Fsp3) is 0.238. The summed E-state index contributed by atoms with van der Waals surface area (Å²) in [5.41, 5.74) is 16.2. The molecule has 0 bridgehead atoms. The number of benzene rings is 1. The van der Waals surface area contributed by atoms with Crippen LogP contribution < -0.4 is 16.8 Å². The van der Waals surface area contributed by atoms with Gasteiger partial charge in [0.1, 0.15) is 6.04 Å². The Balaban J connectivity index is 1.56. The molecular formula is C21H23N7O. The molecule has 2 aromatic heterocycles. The van der Waals surface area contributed by atoms with Crippen LogP contribution in [0.15, 0.2) is 53.9 Å². The molecule has 0 radical (unpaired) electrons. The summed E-state index contributed by atoms with van der Waals surface area (Å²) in [6.07, 6.45) is 8.60. The number of allylic oxidation sites excluding steroid dienone is 1. The van der Waals surface area contributed by atoms with E-state index in [4.69, 9.17) is 11.5 Å². The minimum Gasteiger partial charge on any atom is -0.404 e. The lowest BCUT2D eigenvalue weighted by Crippen LogP contribution is -2.33. The summed E-state index contributed by atoms with van der Waals surface area (Å²) in [4.78, 5) is 20.8. The van der Waals surface area contributed by atoms with Crippen LogP contribution in [-0.4, -0.2) is 38.8 Å². The molecule has 1 unspecified atom stereocenters. The van der Waals surface area contributed by atoms with E-state index in [9.17, 15) is 4.79 Å². The zero-order valence-corrected chi connectivity index (χ0v) is 16.1.